The number of ether oxygens (including phenoxy) is 1. The van der Waals surface area contributed by atoms with Gasteiger partial charge in [-0.25, -0.2) is 4.98 Å². The fourth-order valence-electron chi connectivity index (χ4n) is 1.54. The fourth-order valence-corrected chi connectivity index (χ4v) is 1.90. The monoisotopic (exact) mass is 236 g/mol. The van der Waals surface area contributed by atoms with Crippen LogP contribution < -0.4 is 5.32 Å². The highest BCUT2D eigenvalue weighted by atomic mass is 32.2. The summed E-state index contributed by atoms with van der Waals surface area (Å²) >= 11 is 1.70. The Kier molecular flexibility index (Phi) is 4.25. The topological polar surface area (TPSA) is 34.1 Å². The Morgan fingerprint density at radius 2 is 2.44 bits per heavy atom. The molecule has 3 nitrogen and oxygen atoms in total. The maximum absolute atomic E-state index is 5.37. The molecular weight excluding hydrogens is 220 g/mol. The third-order valence-electron chi connectivity index (χ3n) is 2.45. The normalized spacial score (nSPS) is 15.7. The molecule has 1 aliphatic rings. The molecule has 0 unspecified atom stereocenters. The van der Waals surface area contributed by atoms with Crippen LogP contribution in [0.3, 0.4) is 0 Å². The van der Waals surface area contributed by atoms with Gasteiger partial charge in [0.2, 0.25) is 0 Å². The second-order valence-electron chi connectivity index (χ2n) is 3.64. The largest absolute Gasteiger partial charge is 0.377 e. The number of rotatable bonds is 4. The van der Waals surface area contributed by atoms with E-state index in [9.17, 15) is 0 Å². The van der Waals surface area contributed by atoms with Crippen LogP contribution in [0, 0.1) is 0 Å². The number of thioether (sulfide) groups is 1. The van der Waals surface area contributed by atoms with Crippen LogP contribution in [-0.2, 0) is 4.74 Å². The molecular formula is C12H16N2OS. The quantitative estimate of drug-likeness (QED) is 0.643. The number of nitrogens with one attached hydrogen (secondary N) is 1. The van der Waals surface area contributed by atoms with E-state index in [1.54, 1.807) is 11.8 Å². The average molecular weight is 236 g/mol. The third kappa shape index (κ3) is 3.25. The van der Waals surface area contributed by atoms with Crippen molar-refractivity contribution in [1.82, 2.24) is 4.98 Å². The highest BCUT2D eigenvalue weighted by Crippen LogP contribution is 2.15. The first-order chi connectivity index (χ1) is 7.88. The molecule has 0 radical (unpaired) electrons. The summed E-state index contributed by atoms with van der Waals surface area (Å²) in [5.41, 5.74) is 1.31. The Morgan fingerprint density at radius 1 is 1.50 bits per heavy atom. The molecule has 1 N–H and O–H groups in total. The van der Waals surface area contributed by atoms with E-state index in [1.807, 2.05) is 18.5 Å². The molecule has 0 saturated heterocycles. The van der Waals surface area contributed by atoms with Crippen molar-refractivity contribution in [2.24, 2.45) is 0 Å². The van der Waals surface area contributed by atoms with Gasteiger partial charge in [-0.1, -0.05) is 6.08 Å². The zero-order valence-corrected chi connectivity index (χ0v) is 10.2. The van der Waals surface area contributed by atoms with Crippen molar-refractivity contribution in [3.8, 4) is 0 Å². The summed E-state index contributed by atoms with van der Waals surface area (Å²) in [6.45, 7) is 2.42. The minimum absolute atomic E-state index is 0.746. The van der Waals surface area contributed by atoms with Crippen LogP contribution >= 0.6 is 11.8 Å². The van der Waals surface area contributed by atoms with Crippen LogP contribution in [0.5, 0.6) is 0 Å². The van der Waals surface area contributed by atoms with E-state index in [0.717, 1.165) is 32.0 Å². The fraction of sp³-hybridized carbons (Fsp3) is 0.417. The summed E-state index contributed by atoms with van der Waals surface area (Å²) in [5.74, 6) is 0.921. The van der Waals surface area contributed by atoms with Gasteiger partial charge in [0, 0.05) is 17.6 Å². The van der Waals surface area contributed by atoms with E-state index < -0.39 is 0 Å². The summed E-state index contributed by atoms with van der Waals surface area (Å²) < 4.78 is 5.37. The van der Waals surface area contributed by atoms with Crippen LogP contribution in [0.15, 0.2) is 34.9 Å². The van der Waals surface area contributed by atoms with Gasteiger partial charge in [0.05, 0.1) is 13.2 Å². The molecule has 1 aromatic rings. The molecule has 0 fully saturated rings. The Morgan fingerprint density at radius 3 is 3.06 bits per heavy atom. The lowest BCUT2D eigenvalue weighted by atomic mass is 10.2. The van der Waals surface area contributed by atoms with Gasteiger partial charge in [-0.05, 0) is 30.4 Å². The molecule has 0 aliphatic carbocycles. The van der Waals surface area contributed by atoms with Crippen LogP contribution in [0.25, 0.3) is 0 Å². The van der Waals surface area contributed by atoms with Gasteiger partial charge in [-0.3, -0.25) is 0 Å². The van der Waals surface area contributed by atoms with Crippen molar-refractivity contribution in [2.45, 2.75) is 11.3 Å². The minimum Gasteiger partial charge on any atom is -0.377 e. The molecule has 0 aromatic carbocycles. The lowest BCUT2D eigenvalue weighted by molar-refractivity contribution is 0.150. The van der Waals surface area contributed by atoms with E-state index >= 15 is 0 Å². The predicted octanol–water partition coefficient (Wildman–Crippen LogP) is 2.56. The Labute approximate surface area is 100 Å². The lowest BCUT2D eigenvalue weighted by Crippen LogP contribution is -2.14. The second-order valence-corrected chi connectivity index (χ2v) is 4.52. The average Bonchev–Trinajstić information content (AvgIpc) is 2.38. The zero-order chi connectivity index (χ0) is 11.2. The van der Waals surface area contributed by atoms with Gasteiger partial charge in [0.1, 0.15) is 5.82 Å². The van der Waals surface area contributed by atoms with E-state index in [2.05, 4.69) is 22.4 Å². The highest BCUT2D eigenvalue weighted by Gasteiger charge is 2.03. The smallest absolute Gasteiger partial charge is 0.126 e. The molecule has 0 spiro atoms. The molecule has 16 heavy (non-hydrogen) atoms. The van der Waals surface area contributed by atoms with E-state index in [1.165, 1.54) is 10.5 Å². The predicted molar refractivity (Wildman–Crippen MR) is 68.0 cm³/mol. The number of aromatic nitrogens is 1. The lowest BCUT2D eigenvalue weighted by Gasteiger charge is -2.14. The van der Waals surface area contributed by atoms with Crippen molar-refractivity contribution in [3.63, 3.8) is 0 Å². The van der Waals surface area contributed by atoms with Gasteiger partial charge in [-0.2, -0.15) is 0 Å². The van der Waals surface area contributed by atoms with Gasteiger partial charge in [0.15, 0.2) is 0 Å². The highest BCUT2D eigenvalue weighted by molar-refractivity contribution is 7.98. The van der Waals surface area contributed by atoms with Gasteiger partial charge >= 0.3 is 0 Å². The maximum Gasteiger partial charge on any atom is 0.126 e. The van der Waals surface area contributed by atoms with E-state index in [4.69, 9.17) is 4.74 Å². The summed E-state index contributed by atoms with van der Waals surface area (Å²) in [7, 11) is 0. The Bertz CT molecular complexity index is 362. The number of anilines is 1. The number of hydrogen-bond acceptors (Lipinski definition) is 4. The first-order valence-electron chi connectivity index (χ1n) is 5.38. The first-order valence-corrected chi connectivity index (χ1v) is 6.60. The van der Waals surface area contributed by atoms with Crippen LogP contribution in [0.1, 0.15) is 6.42 Å². The summed E-state index contributed by atoms with van der Waals surface area (Å²) in [6.07, 6.45) is 7.20. The molecule has 2 heterocycles. The van der Waals surface area contributed by atoms with Crippen molar-refractivity contribution >= 4 is 17.6 Å². The molecule has 0 amide bonds. The Balaban J connectivity index is 1.86. The van der Waals surface area contributed by atoms with Crippen LogP contribution in [0.4, 0.5) is 5.82 Å². The third-order valence-corrected chi connectivity index (χ3v) is 3.16. The summed E-state index contributed by atoms with van der Waals surface area (Å²) in [4.78, 5) is 5.52. The Hall–Kier alpha value is -1.00. The second kappa shape index (κ2) is 5.92. The van der Waals surface area contributed by atoms with Gasteiger partial charge in [-0.15, -0.1) is 11.8 Å². The number of nitrogens with zero attached hydrogens (tertiary/aromatic N) is 1. The molecule has 0 saturated carbocycles. The van der Waals surface area contributed by atoms with Crippen LogP contribution in [-0.4, -0.2) is 31.0 Å². The first kappa shape index (κ1) is 11.5. The van der Waals surface area contributed by atoms with Crippen molar-refractivity contribution < 1.29 is 4.74 Å². The van der Waals surface area contributed by atoms with Gasteiger partial charge in [0.25, 0.3) is 0 Å². The zero-order valence-electron chi connectivity index (χ0n) is 9.40. The SMILES string of the molecule is CSc1ccc(NCC2=CCCOC2)nc1. The molecule has 0 bridgehead atoms. The van der Waals surface area contributed by atoms with Crippen molar-refractivity contribution in [2.75, 3.05) is 31.3 Å². The molecule has 2 rings (SSSR count). The molecule has 86 valence electrons. The number of pyridine rings is 1. The van der Waals surface area contributed by atoms with E-state index in [0.29, 0.717) is 0 Å². The van der Waals surface area contributed by atoms with Crippen molar-refractivity contribution in [3.05, 3.63) is 30.0 Å². The summed E-state index contributed by atoms with van der Waals surface area (Å²) in [6, 6.07) is 4.09. The van der Waals surface area contributed by atoms with Crippen molar-refractivity contribution in [1.29, 1.82) is 0 Å². The number of hydrogen-bond donors (Lipinski definition) is 1. The van der Waals surface area contributed by atoms with Crippen LogP contribution in [0.2, 0.25) is 0 Å². The van der Waals surface area contributed by atoms with Gasteiger partial charge < -0.3 is 10.1 Å². The molecule has 1 aromatic heterocycles. The van der Waals surface area contributed by atoms with E-state index in [-0.39, 0.29) is 0 Å². The standard InChI is InChI=1S/C12H16N2OS/c1-16-11-4-5-12(14-8-11)13-7-10-3-2-6-15-9-10/h3-5,8H,2,6-7,9H2,1H3,(H,13,14). The molecule has 0 atom stereocenters. The summed E-state index contributed by atoms with van der Waals surface area (Å²) in [5, 5.41) is 3.30. The maximum atomic E-state index is 5.37. The molecule has 4 heteroatoms. The molecule has 1 aliphatic heterocycles. The minimum atomic E-state index is 0.746.